The second-order valence-electron chi connectivity index (χ2n) is 7.74. The Morgan fingerprint density at radius 2 is 1.85 bits per heavy atom. The third-order valence-corrected chi connectivity index (χ3v) is 8.22. The fraction of sp³-hybridized carbons (Fsp3) is 0.227. The molecule has 176 valence electrons. The predicted molar refractivity (Wildman–Crippen MR) is 119 cm³/mol. The molecule has 5 rings (SSSR count). The van der Waals surface area contributed by atoms with Crippen LogP contribution in [-0.2, 0) is 15.8 Å². The van der Waals surface area contributed by atoms with Gasteiger partial charge in [-0.2, -0.15) is 13.2 Å². The molecular formula is C22H15F3N2O5S2. The van der Waals surface area contributed by atoms with Gasteiger partial charge < -0.3 is 14.8 Å². The summed E-state index contributed by atoms with van der Waals surface area (Å²) in [6.07, 6.45) is -4.64. The summed E-state index contributed by atoms with van der Waals surface area (Å²) in [6, 6.07) is 8.53. The number of nitrogens with one attached hydrogen (secondary N) is 1. The summed E-state index contributed by atoms with van der Waals surface area (Å²) >= 11 is 1.92. The monoisotopic (exact) mass is 508 g/mol. The van der Waals surface area contributed by atoms with E-state index in [0.717, 1.165) is 46.2 Å². The number of ether oxygens (including phenoxy) is 1. The van der Waals surface area contributed by atoms with Crippen molar-refractivity contribution in [3.05, 3.63) is 68.1 Å². The van der Waals surface area contributed by atoms with E-state index >= 15 is 0 Å². The number of phenolic OH excluding ortho intramolecular Hbond substituents is 1. The number of rotatable bonds is 3. The molecule has 3 atom stereocenters. The van der Waals surface area contributed by atoms with Crippen LogP contribution in [0.4, 0.5) is 18.9 Å². The van der Waals surface area contributed by atoms with Gasteiger partial charge in [-0.15, -0.1) is 0 Å². The number of nitrogens with zero attached hydrogens (tertiary/aromatic N) is 1. The minimum atomic E-state index is -4.64. The first-order valence-corrected chi connectivity index (χ1v) is 11.6. The third kappa shape index (κ3) is 3.48. The number of thioether (sulfide) groups is 1. The molecule has 2 amide bonds. The highest BCUT2D eigenvalue weighted by Gasteiger charge is 2.56. The van der Waals surface area contributed by atoms with Gasteiger partial charge in [-0.05, 0) is 35.9 Å². The molecule has 12 heteroatoms. The number of carbonyl (C=O) groups excluding carboxylic acids is 2. The number of H-pyrrole nitrogens is 1. The Morgan fingerprint density at radius 1 is 1.09 bits per heavy atom. The largest absolute Gasteiger partial charge is 0.504 e. The molecular weight excluding hydrogens is 493 g/mol. The number of aromatic amines is 1. The number of amides is 2. The second kappa shape index (κ2) is 7.91. The van der Waals surface area contributed by atoms with Crippen molar-refractivity contribution in [1.29, 1.82) is 0 Å². The smallest absolute Gasteiger partial charge is 0.416 e. The zero-order valence-corrected chi connectivity index (χ0v) is 18.9. The number of fused-ring (bicyclic) bond motifs is 2. The molecule has 2 aliphatic heterocycles. The number of methoxy groups -OCH3 is 1. The Labute approximate surface area is 198 Å². The van der Waals surface area contributed by atoms with Crippen LogP contribution in [-0.4, -0.2) is 34.3 Å². The summed E-state index contributed by atoms with van der Waals surface area (Å²) in [6.45, 7) is 0. The molecule has 7 nitrogen and oxygen atoms in total. The molecule has 1 fully saturated rings. The Bertz CT molecular complexity index is 1380. The molecule has 1 saturated heterocycles. The van der Waals surface area contributed by atoms with Crippen molar-refractivity contribution < 1.29 is 32.6 Å². The van der Waals surface area contributed by atoms with Crippen molar-refractivity contribution in [2.45, 2.75) is 22.4 Å². The molecule has 0 saturated carbocycles. The lowest BCUT2D eigenvalue weighted by Crippen LogP contribution is -2.32. The van der Waals surface area contributed by atoms with Gasteiger partial charge in [0, 0.05) is 10.8 Å². The number of aromatic hydroxyl groups is 1. The molecule has 0 aliphatic carbocycles. The van der Waals surface area contributed by atoms with E-state index in [-0.39, 0.29) is 22.1 Å². The van der Waals surface area contributed by atoms with E-state index in [4.69, 9.17) is 4.74 Å². The van der Waals surface area contributed by atoms with E-state index in [0.29, 0.717) is 15.5 Å². The molecule has 2 N–H and O–H groups in total. The minimum Gasteiger partial charge on any atom is -0.504 e. The lowest BCUT2D eigenvalue weighted by atomic mass is 9.83. The van der Waals surface area contributed by atoms with Gasteiger partial charge in [-0.25, -0.2) is 4.90 Å². The molecule has 1 aromatic heterocycles. The molecule has 2 aromatic carbocycles. The van der Waals surface area contributed by atoms with E-state index in [1.807, 2.05) is 0 Å². The van der Waals surface area contributed by atoms with Crippen molar-refractivity contribution >= 4 is 40.6 Å². The van der Waals surface area contributed by atoms with Gasteiger partial charge in [0.25, 0.3) is 0 Å². The maximum absolute atomic E-state index is 13.6. The van der Waals surface area contributed by atoms with E-state index in [9.17, 15) is 32.7 Å². The summed E-state index contributed by atoms with van der Waals surface area (Å²) in [4.78, 5) is 42.7. The summed E-state index contributed by atoms with van der Waals surface area (Å²) in [5, 5.41) is 9.47. The first-order valence-electron chi connectivity index (χ1n) is 9.91. The SMILES string of the molecule is COc1cc([C@H]2c3sc(=O)[nH]c3SC3C(=O)N(c4cccc(C(F)(F)F)c4)C(=O)C32)ccc1O. The predicted octanol–water partition coefficient (Wildman–Crippen LogP) is 3.97. The minimum absolute atomic E-state index is 0.130. The lowest BCUT2D eigenvalue weighted by Gasteiger charge is -2.30. The Hall–Kier alpha value is -3.25. The van der Waals surface area contributed by atoms with Crippen molar-refractivity contribution in [2.75, 3.05) is 12.0 Å². The number of carbonyl (C=O) groups is 2. The van der Waals surface area contributed by atoms with Gasteiger partial charge >= 0.3 is 11.0 Å². The van der Waals surface area contributed by atoms with Crippen molar-refractivity contribution in [1.82, 2.24) is 4.98 Å². The van der Waals surface area contributed by atoms with Gasteiger partial charge in [0.2, 0.25) is 11.8 Å². The van der Waals surface area contributed by atoms with Crippen LogP contribution in [0.1, 0.15) is 21.9 Å². The van der Waals surface area contributed by atoms with Crippen LogP contribution in [0, 0.1) is 5.92 Å². The fourth-order valence-corrected chi connectivity index (χ4v) is 6.85. The average molecular weight is 508 g/mol. The van der Waals surface area contributed by atoms with Crippen LogP contribution < -0.4 is 14.5 Å². The van der Waals surface area contributed by atoms with Crippen molar-refractivity contribution in [3.63, 3.8) is 0 Å². The number of aromatic nitrogens is 1. The highest BCUT2D eigenvalue weighted by Crippen LogP contribution is 2.53. The van der Waals surface area contributed by atoms with Gasteiger partial charge in [0.1, 0.15) is 5.25 Å². The van der Waals surface area contributed by atoms with Crippen LogP contribution in [0.2, 0.25) is 0 Å². The van der Waals surface area contributed by atoms with Gasteiger partial charge in [0.05, 0.1) is 29.3 Å². The Morgan fingerprint density at radius 3 is 2.56 bits per heavy atom. The molecule has 3 aromatic rings. The van der Waals surface area contributed by atoms with Crippen LogP contribution >= 0.6 is 23.1 Å². The van der Waals surface area contributed by atoms with Crippen LogP contribution in [0.3, 0.4) is 0 Å². The zero-order chi connectivity index (χ0) is 24.4. The highest BCUT2D eigenvalue weighted by atomic mass is 32.2. The first-order chi connectivity index (χ1) is 16.1. The lowest BCUT2D eigenvalue weighted by molar-refractivity contribution is -0.137. The van der Waals surface area contributed by atoms with Crippen LogP contribution in [0.15, 0.2) is 52.3 Å². The molecule has 0 radical (unpaired) electrons. The molecule has 34 heavy (non-hydrogen) atoms. The summed E-state index contributed by atoms with van der Waals surface area (Å²) in [5.41, 5.74) is -0.622. The summed E-state index contributed by atoms with van der Waals surface area (Å²) in [5.74, 6) is -3.02. The number of benzene rings is 2. The van der Waals surface area contributed by atoms with E-state index in [2.05, 4.69) is 4.98 Å². The second-order valence-corrected chi connectivity index (χ2v) is 9.91. The number of phenols is 1. The maximum atomic E-state index is 13.6. The average Bonchev–Trinajstić information content (AvgIpc) is 3.28. The summed E-state index contributed by atoms with van der Waals surface area (Å²) < 4.78 is 44.9. The number of alkyl halides is 3. The molecule has 3 heterocycles. The Kier molecular flexibility index (Phi) is 5.24. The molecule has 0 bridgehead atoms. The van der Waals surface area contributed by atoms with Crippen molar-refractivity contribution in [3.8, 4) is 11.5 Å². The van der Waals surface area contributed by atoms with Crippen molar-refractivity contribution in [2.24, 2.45) is 5.92 Å². The standard InChI is InChI=1S/C22H15F3N2O5S2/c1-32-13-7-9(5-6-12(13)28)14-15-17(33-18-16(14)34-21(31)26-18)20(30)27(19(15)29)11-4-2-3-10(8-11)22(23,24)25/h2-8,14-15,17,28H,1H3,(H,26,31)/t14-,15?,17?/m1/s1. The zero-order valence-electron chi connectivity index (χ0n) is 17.3. The van der Waals surface area contributed by atoms with E-state index in [1.54, 1.807) is 6.07 Å². The van der Waals surface area contributed by atoms with Gasteiger partial charge in [0.15, 0.2) is 11.5 Å². The number of hydrogen-bond acceptors (Lipinski definition) is 7. The normalized spacial score (nSPS) is 22.0. The fourth-order valence-electron chi connectivity index (χ4n) is 4.34. The maximum Gasteiger partial charge on any atom is 0.416 e. The van der Waals surface area contributed by atoms with Gasteiger partial charge in [-0.1, -0.05) is 35.2 Å². The topological polar surface area (TPSA) is 99.7 Å². The van der Waals surface area contributed by atoms with Crippen LogP contribution in [0.25, 0.3) is 0 Å². The van der Waals surface area contributed by atoms with E-state index in [1.165, 1.54) is 25.3 Å². The Balaban J connectivity index is 1.64. The third-order valence-electron chi connectivity index (χ3n) is 5.82. The van der Waals surface area contributed by atoms with Crippen LogP contribution in [0.5, 0.6) is 11.5 Å². The number of hydrogen-bond donors (Lipinski definition) is 2. The molecule has 2 aliphatic rings. The first kappa shape index (κ1) is 22.5. The number of imide groups is 1. The molecule has 2 unspecified atom stereocenters. The number of anilines is 1. The number of thiazole rings is 1. The number of halogens is 3. The molecule has 0 spiro atoms. The summed E-state index contributed by atoms with van der Waals surface area (Å²) in [7, 11) is 1.36. The van der Waals surface area contributed by atoms with E-state index < -0.39 is 40.6 Å². The highest BCUT2D eigenvalue weighted by molar-refractivity contribution is 8.00. The quantitative estimate of drug-likeness (QED) is 0.520. The van der Waals surface area contributed by atoms with Gasteiger partial charge in [-0.3, -0.25) is 14.4 Å².